The molecule has 19 heavy (non-hydrogen) atoms. The third-order valence-corrected chi connectivity index (χ3v) is 3.47. The van der Waals surface area contributed by atoms with Crippen LogP contribution in [0.1, 0.15) is 36.5 Å². The second-order valence-corrected chi connectivity index (χ2v) is 4.99. The molecule has 0 spiro atoms. The van der Waals surface area contributed by atoms with Gasteiger partial charge in [0.1, 0.15) is 17.9 Å². The number of carboxylic acid groups (broad SMARTS) is 1. The molecule has 1 aliphatic carbocycles. The van der Waals surface area contributed by atoms with Crippen LogP contribution in [0.3, 0.4) is 0 Å². The molecule has 0 heterocycles. The first-order valence-corrected chi connectivity index (χ1v) is 6.91. The van der Waals surface area contributed by atoms with Gasteiger partial charge in [-0.3, -0.25) is 0 Å². The average molecular weight is 263 g/mol. The first-order valence-electron chi connectivity index (χ1n) is 6.91. The fraction of sp³-hybridized carbons (Fsp3) is 0.533. The molecule has 0 aliphatic heterocycles. The zero-order valence-electron chi connectivity index (χ0n) is 11.3. The van der Waals surface area contributed by atoms with Gasteiger partial charge in [0.15, 0.2) is 0 Å². The van der Waals surface area contributed by atoms with Crippen molar-refractivity contribution in [3.05, 3.63) is 29.8 Å². The van der Waals surface area contributed by atoms with E-state index in [9.17, 15) is 4.79 Å². The van der Waals surface area contributed by atoms with Crippen LogP contribution in [0.4, 0.5) is 0 Å². The molecule has 2 unspecified atom stereocenters. The van der Waals surface area contributed by atoms with Crippen molar-refractivity contribution in [2.24, 2.45) is 5.92 Å². The Kier molecular flexibility index (Phi) is 4.80. The minimum atomic E-state index is -0.950. The Bertz CT molecular complexity index is 433. The second-order valence-electron chi connectivity index (χ2n) is 4.99. The van der Waals surface area contributed by atoms with Crippen molar-refractivity contribution in [1.82, 2.24) is 5.32 Å². The molecule has 0 bridgehead atoms. The monoisotopic (exact) mass is 263 g/mol. The van der Waals surface area contributed by atoms with Crippen LogP contribution >= 0.6 is 0 Å². The number of aromatic carboxylic acids is 1. The van der Waals surface area contributed by atoms with Crippen LogP contribution in [0.25, 0.3) is 0 Å². The number of ether oxygens (including phenoxy) is 1. The maximum Gasteiger partial charge on any atom is 0.339 e. The van der Waals surface area contributed by atoms with Crippen LogP contribution in [0.15, 0.2) is 24.3 Å². The normalized spacial score (nSPS) is 21.1. The summed E-state index contributed by atoms with van der Waals surface area (Å²) in [5.41, 5.74) is 0.220. The SMILES string of the molecule is CCCC1CC1NCCOc1ccccc1C(=O)O. The lowest BCUT2D eigenvalue weighted by molar-refractivity contribution is 0.0692. The summed E-state index contributed by atoms with van der Waals surface area (Å²) in [6, 6.07) is 7.38. The van der Waals surface area contributed by atoms with E-state index < -0.39 is 5.97 Å². The van der Waals surface area contributed by atoms with Crippen molar-refractivity contribution in [1.29, 1.82) is 0 Å². The van der Waals surface area contributed by atoms with Gasteiger partial charge in [-0.15, -0.1) is 0 Å². The Morgan fingerprint density at radius 3 is 3.00 bits per heavy atom. The van der Waals surface area contributed by atoms with Crippen LogP contribution in [0.2, 0.25) is 0 Å². The molecule has 4 nitrogen and oxygen atoms in total. The predicted octanol–water partition coefficient (Wildman–Crippen LogP) is 2.54. The van der Waals surface area contributed by atoms with Gasteiger partial charge < -0.3 is 15.2 Å². The van der Waals surface area contributed by atoms with Crippen LogP contribution in [-0.2, 0) is 0 Å². The standard InChI is InChI=1S/C15H21NO3/c1-2-5-11-10-13(11)16-8-9-19-14-7-4-3-6-12(14)15(17)18/h3-4,6-7,11,13,16H,2,5,8-10H2,1H3,(H,17,18). The summed E-state index contributed by atoms with van der Waals surface area (Å²) in [5, 5.41) is 12.5. The zero-order chi connectivity index (χ0) is 13.7. The Labute approximate surface area is 113 Å². The van der Waals surface area contributed by atoms with Gasteiger partial charge in [-0.25, -0.2) is 4.79 Å². The van der Waals surface area contributed by atoms with Crippen molar-refractivity contribution in [3.63, 3.8) is 0 Å². The molecule has 1 aromatic rings. The Hall–Kier alpha value is -1.55. The van der Waals surface area contributed by atoms with E-state index >= 15 is 0 Å². The lowest BCUT2D eigenvalue weighted by Gasteiger charge is -2.09. The fourth-order valence-electron chi connectivity index (χ4n) is 2.36. The Morgan fingerprint density at radius 2 is 2.26 bits per heavy atom. The van der Waals surface area contributed by atoms with E-state index in [-0.39, 0.29) is 5.56 Å². The highest BCUT2D eigenvalue weighted by Gasteiger charge is 2.35. The molecular formula is C15H21NO3. The molecule has 0 aromatic heterocycles. The van der Waals surface area contributed by atoms with Gasteiger partial charge in [-0.05, 0) is 30.9 Å². The second kappa shape index (κ2) is 6.57. The lowest BCUT2D eigenvalue weighted by atomic mass is 10.2. The van der Waals surface area contributed by atoms with Crippen molar-refractivity contribution in [2.45, 2.75) is 32.2 Å². The highest BCUT2D eigenvalue weighted by atomic mass is 16.5. The van der Waals surface area contributed by atoms with E-state index in [0.717, 1.165) is 12.5 Å². The average Bonchev–Trinajstić information content (AvgIpc) is 3.14. The molecule has 0 radical (unpaired) electrons. The van der Waals surface area contributed by atoms with Crippen LogP contribution in [0.5, 0.6) is 5.75 Å². The summed E-state index contributed by atoms with van der Waals surface area (Å²) in [4.78, 5) is 11.0. The number of carbonyl (C=O) groups is 1. The van der Waals surface area contributed by atoms with E-state index in [1.807, 2.05) is 0 Å². The van der Waals surface area contributed by atoms with Gasteiger partial charge in [-0.1, -0.05) is 25.5 Å². The number of carboxylic acids is 1. The van der Waals surface area contributed by atoms with E-state index in [2.05, 4.69) is 12.2 Å². The third-order valence-electron chi connectivity index (χ3n) is 3.47. The number of rotatable bonds is 8. The molecule has 2 atom stereocenters. The highest BCUT2D eigenvalue weighted by Crippen LogP contribution is 2.34. The molecule has 2 rings (SSSR count). The molecular weight excluding hydrogens is 242 g/mol. The summed E-state index contributed by atoms with van der Waals surface area (Å²) >= 11 is 0. The molecule has 0 saturated heterocycles. The van der Waals surface area contributed by atoms with Crippen molar-refractivity contribution in [2.75, 3.05) is 13.2 Å². The number of para-hydroxylation sites is 1. The fourth-order valence-corrected chi connectivity index (χ4v) is 2.36. The highest BCUT2D eigenvalue weighted by molar-refractivity contribution is 5.90. The predicted molar refractivity (Wildman–Crippen MR) is 73.7 cm³/mol. The van der Waals surface area contributed by atoms with Crippen LogP contribution < -0.4 is 10.1 Å². The summed E-state index contributed by atoms with van der Waals surface area (Å²) in [6.07, 6.45) is 3.80. The Balaban J connectivity index is 1.70. The van der Waals surface area contributed by atoms with Gasteiger partial charge in [0, 0.05) is 12.6 Å². The van der Waals surface area contributed by atoms with Crippen molar-refractivity contribution < 1.29 is 14.6 Å². The smallest absolute Gasteiger partial charge is 0.339 e. The molecule has 1 fully saturated rings. The minimum Gasteiger partial charge on any atom is -0.491 e. The molecule has 0 amide bonds. The minimum absolute atomic E-state index is 0.220. The van der Waals surface area contributed by atoms with Gasteiger partial charge in [0.2, 0.25) is 0 Å². The molecule has 4 heteroatoms. The van der Waals surface area contributed by atoms with Crippen LogP contribution in [-0.4, -0.2) is 30.3 Å². The number of hydrogen-bond donors (Lipinski definition) is 2. The van der Waals surface area contributed by atoms with Gasteiger partial charge in [-0.2, -0.15) is 0 Å². The van der Waals surface area contributed by atoms with E-state index in [0.29, 0.717) is 18.4 Å². The molecule has 1 aliphatic rings. The zero-order valence-corrected chi connectivity index (χ0v) is 11.3. The topological polar surface area (TPSA) is 58.6 Å². The number of hydrogen-bond acceptors (Lipinski definition) is 3. The maximum atomic E-state index is 11.0. The van der Waals surface area contributed by atoms with E-state index in [4.69, 9.17) is 9.84 Å². The molecule has 1 aromatic carbocycles. The van der Waals surface area contributed by atoms with E-state index in [1.54, 1.807) is 24.3 Å². The lowest BCUT2D eigenvalue weighted by Crippen LogP contribution is -2.24. The van der Waals surface area contributed by atoms with Crippen LogP contribution in [0, 0.1) is 5.92 Å². The third kappa shape index (κ3) is 3.96. The van der Waals surface area contributed by atoms with Gasteiger partial charge >= 0.3 is 5.97 Å². The van der Waals surface area contributed by atoms with Crippen molar-refractivity contribution >= 4 is 5.97 Å². The first kappa shape index (κ1) is 13.9. The summed E-state index contributed by atoms with van der Waals surface area (Å²) in [5.74, 6) is 0.322. The quantitative estimate of drug-likeness (QED) is 0.708. The van der Waals surface area contributed by atoms with E-state index in [1.165, 1.54) is 19.3 Å². The molecule has 2 N–H and O–H groups in total. The summed E-state index contributed by atoms with van der Waals surface area (Å²) < 4.78 is 5.53. The van der Waals surface area contributed by atoms with Gasteiger partial charge in [0.25, 0.3) is 0 Å². The first-order chi connectivity index (χ1) is 9.22. The number of benzene rings is 1. The summed E-state index contributed by atoms with van der Waals surface area (Å²) in [7, 11) is 0. The molecule has 1 saturated carbocycles. The summed E-state index contributed by atoms with van der Waals surface area (Å²) in [6.45, 7) is 3.47. The van der Waals surface area contributed by atoms with Gasteiger partial charge in [0.05, 0.1) is 0 Å². The molecule has 104 valence electrons. The maximum absolute atomic E-state index is 11.0. The largest absolute Gasteiger partial charge is 0.491 e. The number of nitrogens with one attached hydrogen (secondary N) is 1. The van der Waals surface area contributed by atoms with Crippen molar-refractivity contribution in [3.8, 4) is 5.75 Å². The Morgan fingerprint density at radius 1 is 1.47 bits per heavy atom.